The number of aryl methyl sites for hydroxylation is 1. The number of aromatic nitrogens is 1. The van der Waals surface area contributed by atoms with Crippen LogP contribution in [-0.4, -0.2) is 84.6 Å². The fraction of sp³-hybridized carbons (Fsp3) is 0.750. The van der Waals surface area contributed by atoms with Gasteiger partial charge in [0.05, 0.1) is 6.54 Å². The van der Waals surface area contributed by atoms with Crippen LogP contribution in [0.2, 0.25) is 0 Å². The van der Waals surface area contributed by atoms with Crippen LogP contribution < -0.4 is 5.32 Å². The first-order chi connectivity index (χ1) is 13.0. The highest BCUT2D eigenvalue weighted by atomic mass is 127. The van der Waals surface area contributed by atoms with Crippen LogP contribution in [0.25, 0.3) is 0 Å². The Morgan fingerprint density at radius 2 is 1.86 bits per heavy atom. The molecule has 0 radical (unpaired) electrons. The summed E-state index contributed by atoms with van der Waals surface area (Å²) in [6.07, 6.45) is 4.46. The molecule has 0 atom stereocenters. The van der Waals surface area contributed by atoms with Crippen molar-refractivity contribution in [1.29, 1.82) is 0 Å². The van der Waals surface area contributed by atoms with Gasteiger partial charge in [-0.3, -0.25) is 4.99 Å². The lowest BCUT2D eigenvalue weighted by Crippen LogP contribution is -2.46. The Kier molecular flexibility index (Phi) is 12.7. The molecule has 0 spiro atoms. The lowest BCUT2D eigenvalue weighted by Gasteiger charge is -2.33. The summed E-state index contributed by atoms with van der Waals surface area (Å²) in [7, 11) is 4.19. The van der Waals surface area contributed by atoms with E-state index in [9.17, 15) is 0 Å². The van der Waals surface area contributed by atoms with E-state index in [1.807, 2.05) is 0 Å². The fourth-order valence-corrected chi connectivity index (χ4v) is 4.04. The second kappa shape index (κ2) is 13.8. The van der Waals surface area contributed by atoms with Crippen molar-refractivity contribution in [3.05, 3.63) is 22.4 Å². The van der Waals surface area contributed by atoms with Crippen molar-refractivity contribution in [3.63, 3.8) is 0 Å². The smallest absolute Gasteiger partial charge is 0.194 e. The number of hydrogen-bond donors (Lipinski definition) is 1. The first-order valence-corrected chi connectivity index (χ1v) is 11.1. The molecule has 1 aromatic heterocycles. The Labute approximate surface area is 196 Å². The Balaban J connectivity index is 0.00000392. The standard InChI is InChI=1S/C20H37BrN6.HI/c1-5-22-20(25(4)17-19-15-18(21)16-24(19)3)23-9-7-8-10-27-13-11-26(6-2)12-14-27;/h15-16H,5-14,17H2,1-4H3,(H,22,23);1H. The minimum absolute atomic E-state index is 0. The minimum Gasteiger partial charge on any atom is -0.357 e. The summed E-state index contributed by atoms with van der Waals surface area (Å²) in [6.45, 7) is 14.3. The molecule has 0 amide bonds. The number of piperazine rings is 1. The monoisotopic (exact) mass is 568 g/mol. The number of unbranched alkanes of at least 4 members (excludes halogenated alkanes) is 1. The molecule has 28 heavy (non-hydrogen) atoms. The topological polar surface area (TPSA) is 39.0 Å². The highest BCUT2D eigenvalue weighted by molar-refractivity contribution is 14.0. The molecule has 1 N–H and O–H groups in total. The van der Waals surface area contributed by atoms with Crippen LogP contribution >= 0.6 is 39.9 Å². The Bertz CT molecular complexity index is 583. The maximum atomic E-state index is 4.84. The maximum Gasteiger partial charge on any atom is 0.194 e. The molecule has 1 saturated heterocycles. The average molecular weight is 569 g/mol. The van der Waals surface area contributed by atoms with E-state index >= 15 is 0 Å². The third kappa shape index (κ3) is 8.59. The highest BCUT2D eigenvalue weighted by Crippen LogP contribution is 2.15. The first kappa shape index (κ1) is 25.7. The van der Waals surface area contributed by atoms with Gasteiger partial charge >= 0.3 is 0 Å². The zero-order chi connectivity index (χ0) is 19.6. The molecule has 162 valence electrons. The third-order valence-electron chi connectivity index (χ3n) is 5.23. The Hall–Kier alpha value is -0.320. The van der Waals surface area contributed by atoms with Crippen LogP contribution in [0.1, 0.15) is 32.4 Å². The predicted octanol–water partition coefficient (Wildman–Crippen LogP) is 3.22. The maximum absolute atomic E-state index is 4.84. The minimum atomic E-state index is 0. The van der Waals surface area contributed by atoms with E-state index in [1.54, 1.807) is 0 Å². The van der Waals surface area contributed by atoms with Gasteiger partial charge in [0.2, 0.25) is 0 Å². The van der Waals surface area contributed by atoms with Crippen LogP contribution in [-0.2, 0) is 13.6 Å². The van der Waals surface area contributed by atoms with E-state index in [4.69, 9.17) is 4.99 Å². The zero-order valence-electron chi connectivity index (χ0n) is 18.0. The van der Waals surface area contributed by atoms with E-state index in [0.29, 0.717) is 0 Å². The number of likely N-dealkylation sites (N-methyl/N-ethyl adjacent to an activating group) is 1. The number of guanidine groups is 1. The largest absolute Gasteiger partial charge is 0.357 e. The van der Waals surface area contributed by atoms with Gasteiger partial charge in [-0.15, -0.1) is 24.0 Å². The van der Waals surface area contributed by atoms with Crippen molar-refractivity contribution < 1.29 is 0 Å². The summed E-state index contributed by atoms with van der Waals surface area (Å²) in [6, 6.07) is 2.17. The summed E-state index contributed by atoms with van der Waals surface area (Å²) in [4.78, 5) is 12.2. The van der Waals surface area contributed by atoms with Crippen LogP contribution in [0.4, 0.5) is 0 Å². The van der Waals surface area contributed by atoms with E-state index in [1.165, 1.54) is 51.4 Å². The normalized spacial score (nSPS) is 16.1. The van der Waals surface area contributed by atoms with Crippen LogP contribution in [0.3, 0.4) is 0 Å². The van der Waals surface area contributed by atoms with Crippen LogP contribution in [0.5, 0.6) is 0 Å². The molecule has 2 heterocycles. The van der Waals surface area contributed by atoms with E-state index < -0.39 is 0 Å². The van der Waals surface area contributed by atoms with Crippen molar-refractivity contribution in [1.82, 2.24) is 24.6 Å². The van der Waals surface area contributed by atoms with E-state index in [-0.39, 0.29) is 24.0 Å². The van der Waals surface area contributed by atoms with Crippen molar-refractivity contribution in [2.24, 2.45) is 12.0 Å². The molecule has 0 saturated carbocycles. The molecule has 1 aliphatic heterocycles. The van der Waals surface area contributed by atoms with Crippen LogP contribution in [0, 0.1) is 0 Å². The molecule has 0 unspecified atom stereocenters. The third-order valence-corrected chi connectivity index (χ3v) is 5.66. The van der Waals surface area contributed by atoms with Crippen molar-refractivity contribution >= 4 is 45.9 Å². The summed E-state index contributed by atoms with van der Waals surface area (Å²) < 4.78 is 3.28. The summed E-state index contributed by atoms with van der Waals surface area (Å²) >= 11 is 3.55. The molecule has 8 heteroatoms. The summed E-state index contributed by atoms with van der Waals surface area (Å²) in [5.41, 5.74) is 1.26. The lowest BCUT2D eigenvalue weighted by molar-refractivity contribution is 0.136. The van der Waals surface area contributed by atoms with Gasteiger partial charge in [-0.1, -0.05) is 6.92 Å². The van der Waals surface area contributed by atoms with Crippen molar-refractivity contribution in [2.45, 2.75) is 33.2 Å². The van der Waals surface area contributed by atoms with Gasteiger partial charge in [0.15, 0.2) is 5.96 Å². The molecule has 0 aliphatic carbocycles. The molecule has 1 aliphatic rings. The number of rotatable bonds is 9. The molecule has 1 aromatic rings. The lowest BCUT2D eigenvalue weighted by atomic mass is 10.2. The predicted molar refractivity (Wildman–Crippen MR) is 134 cm³/mol. The number of aliphatic imine (C=N–C) groups is 1. The molecule has 6 nitrogen and oxygen atoms in total. The van der Waals surface area contributed by atoms with Gasteiger partial charge < -0.3 is 24.6 Å². The van der Waals surface area contributed by atoms with Gasteiger partial charge in [0.1, 0.15) is 0 Å². The molecular weight excluding hydrogens is 531 g/mol. The molecular formula is C20H38BrIN6. The first-order valence-electron chi connectivity index (χ1n) is 10.3. The Morgan fingerprint density at radius 3 is 2.43 bits per heavy atom. The van der Waals surface area contributed by atoms with E-state index in [0.717, 1.165) is 36.5 Å². The zero-order valence-corrected chi connectivity index (χ0v) is 21.9. The number of halogens is 2. The Morgan fingerprint density at radius 1 is 1.18 bits per heavy atom. The average Bonchev–Trinajstić information content (AvgIpc) is 2.97. The summed E-state index contributed by atoms with van der Waals surface area (Å²) in [5, 5.41) is 3.42. The van der Waals surface area contributed by atoms with E-state index in [2.05, 4.69) is 80.7 Å². The number of nitrogens with one attached hydrogen (secondary N) is 1. The second-order valence-electron chi connectivity index (χ2n) is 7.34. The van der Waals surface area contributed by atoms with Gasteiger partial charge in [-0.05, 0) is 54.9 Å². The highest BCUT2D eigenvalue weighted by Gasteiger charge is 2.14. The second-order valence-corrected chi connectivity index (χ2v) is 8.25. The molecule has 2 rings (SSSR count). The van der Waals surface area contributed by atoms with Gasteiger partial charge in [0.25, 0.3) is 0 Å². The SMILES string of the molecule is CCNC(=NCCCCN1CCN(CC)CC1)N(C)Cc1cc(Br)cn1C.I. The molecule has 1 fully saturated rings. The van der Waals surface area contributed by atoms with Gasteiger partial charge in [0, 0.05) is 69.7 Å². The van der Waals surface area contributed by atoms with Crippen LogP contribution in [0.15, 0.2) is 21.7 Å². The van der Waals surface area contributed by atoms with Gasteiger partial charge in [-0.25, -0.2) is 0 Å². The van der Waals surface area contributed by atoms with Crippen molar-refractivity contribution in [2.75, 3.05) is 59.4 Å². The van der Waals surface area contributed by atoms with Gasteiger partial charge in [-0.2, -0.15) is 0 Å². The summed E-state index contributed by atoms with van der Waals surface area (Å²) in [5.74, 6) is 0.992. The van der Waals surface area contributed by atoms with Crippen molar-refractivity contribution in [3.8, 4) is 0 Å². The fourth-order valence-electron chi connectivity index (χ4n) is 3.47. The molecule has 0 bridgehead atoms. The number of nitrogens with zero attached hydrogens (tertiary/aromatic N) is 5. The number of hydrogen-bond acceptors (Lipinski definition) is 3. The molecule has 0 aromatic carbocycles. The quantitative estimate of drug-likeness (QED) is 0.215.